The summed E-state index contributed by atoms with van der Waals surface area (Å²) in [6.07, 6.45) is 2.24. The molecule has 2 aromatic carbocycles. The molecular weight excluding hydrogens is 350 g/mol. The van der Waals surface area contributed by atoms with E-state index in [1.807, 2.05) is 0 Å². The molecule has 3 rings (SSSR count). The van der Waals surface area contributed by atoms with E-state index < -0.39 is 0 Å². The number of hydrogen-bond donors (Lipinski definition) is 0. The zero-order valence-corrected chi connectivity index (χ0v) is 19.4. The zero-order chi connectivity index (χ0) is 21.4. The summed E-state index contributed by atoms with van der Waals surface area (Å²) in [4.78, 5) is 0. The molecule has 0 aliphatic heterocycles. The van der Waals surface area contributed by atoms with Gasteiger partial charge in [0, 0.05) is 17.2 Å². The minimum absolute atomic E-state index is 0.224. The van der Waals surface area contributed by atoms with Gasteiger partial charge in [-0.2, -0.15) is 0 Å². The van der Waals surface area contributed by atoms with E-state index in [-0.39, 0.29) is 10.8 Å². The largest absolute Gasteiger partial charge is 0.212 e. The zero-order valence-electron chi connectivity index (χ0n) is 19.4. The molecule has 0 atom stereocenters. The SMILES string of the molecule is Cc1ccccc1-c1ccc(-c2ccc(C(C(C)(C)C)C(C)(C)C)cc2)c[n+]1C. The van der Waals surface area contributed by atoms with Crippen molar-refractivity contribution in [3.8, 4) is 22.4 Å². The highest BCUT2D eigenvalue weighted by Gasteiger charge is 2.35. The average Bonchev–Trinajstić information content (AvgIpc) is 2.61. The summed E-state index contributed by atoms with van der Waals surface area (Å²) >= 11 is 0. The summed E-state index contributed by atoms with van der Waals surface area (Å²) in [6.45, 7) is 16.3. The van der Waals surface area contributed by atoms with E-state index in [1.165, 1.54) is 33.5 Å². The van der Waals surface area contributed by atoms with Crippen LogP contribution in [-0.4, -0.2) is 0 Å². The minimum Gasteiger partial charge on any atom is -0.200 e. The molecule has 0 fully saturated rings. The van der Waals surface area contributed by atoms with Crippen LogP contribution in [0, 0.1) is 17.8 Å². The fourth-order valence-electron chi connectivity index (χ4n) is 5.09. The van der Waals surface area contributed by atoms with Crippen LogP contribution in [0.2, 0.25) is 0 Å². The number of hydrogen-bond acceptors (Lipinski definition) is 0. The Bertz CT molecular complexity index is 968. The van der Waals surface area contributed by atoms with Crippen molar-refractivity contribution in [3.05, 3.63) is 78.0 Å². The molecule has 0 N–H and O–H groups in total. The number of aromatic nitrogens is 1. The predicted octanol–water partition coefficient (Wildman–Crippen LogP) is 7.33. The summed E-state index contributed by atoms with van der Waals surface area (Å²) in [5.74, 6) is 0.503. The highest BCUT2D eigenvalue weighted by Crippen LogP contribution is 2.47. The molecule has 1 heteroatoms. The van der Waals surface area contributed by atoms with Crippen LogP contribution in [0.1, 0.15) is 58.6 Å². The Kier molecular flexibility index (Phi) is 5.72. The second-order valence-corrected chi connectivity index (χ2v) is 10.5. The Morgan fingerprint density at radius 3 is 1.76 bits per heavy atom. The number of benzene rings is 2. The van der Waals surface area contributed by atoms with Crippen molar-refractivity contribution in [2.75, 3.05) is 0 Å². The molecule has 1 heterocycles. The van der Waals surface area contributed by atoms with Gasteiger partial charge in [-0.15, -0.1) is 0 Å². The van der Waals surface area contributed by atoms with Gasteiger partial charge in [-0.1, -0.05) is 84.0 Å². The minimum atomic E-state index is 0.224. The molecule has 0 aliphatic carbocycles. The quantitative estimate of drug-likeness (QED) is 0.415. The van der Waals surface area contributed by atoms with E-state index in [0.717, 1.165) is 0 Å². The van der Waals surface area contributed by atoms with Gasteiger partial charge in [0.1, 0.15) is 7.05 Å². The first-order valence-electron chi connectivity index (χ1n) is 10.6. The lowest BCUT2D eigenvalue weighted by Crippen LogP contribution is -2.31. The highest BCUT2D eigenvalue weighted by atomic mass is 14.9. The van der Waals surface area contributed by atoms with Gasteiger partial charge >= 0.3 is 0 Å². The summed E-state index contributed by atoms with van der Waals surface area (Å²) in [7, 11) is 2.13. The second-order valence-electron chi connectivity index (χ2n) is 10.5. The fourth-order valence-corrected chi connectivity index (χ4v) is 5.09. The van der Waals surface area contributed by atoms with Gasteiger partial charge < -0.3 is 0 Å². The summed E-state index contributed by atoms with van der Waals surface area (Å²) in [5, 5.41) is 0. The molecule has 0 bridgehead atoms. The van der Waals surface area contributed by atoms with Gasteiger partial charge in [0.2, 0.25) is 5.69 Å². The maximum absolute atomic E-state index is 2.35. The monoisotopic (exact) mass is 386 g/mol. The van der Waals surface area contributed by atoms with E-state index in [1.54, 1.807) is 0 Å². The first kappa shape index (κ1) is 21.3. The van der Waals surface area contributed by atoms with Crippen LogP contribution in [0.4, 0.5) is 0 Å². The van der Waals surface area contributed by atoms with Crippen molar-refractivity contribution in [3.63, 3.8) is 0 Å². The lowest BCUT2D eigenvalue weighted by atomic mass is 9.63. The van der Waals surface area contributed by atoms with Gasteiger partial charge in [0.25, 0.3) is 0 Å². The first-order valence-corrected chi connectivity index (χ1v) is 10.6. The Balaban J connectivity index is 1.95. The number of rotatable bonds is 3. The molecule has 29 heavy (non-hydrogen) atoms. The van der Waals surface area contributed by atoms with Gasteiger partial charge in [0.05, 0.1) is 0 Å². The third kappa shape index (κ3) is 4.61. The Morgan fingerprint density at radius 1 is 0.690 bits per heavy atom. The molecule has 0 spiro atoms. The number of nitrogens with zero attached hydrogens (tertiary/aromatic N) is 1. The fraction of sp³-hybridized carbons (Fsp3) is 0.393. The van der Waals surface area contributed by atoms with Crippen LogP contribution in [0.25, 0.3) is 22.4 Å². The topological polar surface area (TPSA) is 3.88 Å². The molecule has 0 unspecified atom stereocenters. The second kappa shape index (κ2) is 7.78. The summed E-state index contributed by atoms with van der Waals surface area (Å²) in [5.41, 5.74) is 8.22. The van der Waals surface area contributed by atoms with Crippen LogP contribution in [-0.2, 0) is 7.05 Å². The molecule has 1 nitrogen and oxygen atoms in total. The van der Waals surface area contributed by atoms with Gasteiger partial charge in [0.15, 0.2) is 6.20 Å². The van der Waals surface area contributed by atoms with Crippen molar-refractivity contribution in [2.24, 2.45) is 17.9 Å². The Labute approximate surface area is 177 Å². The first-order chi connectivity index (χ1) is 13.5. The highest BCUT2D eigenvalue weighted by molar-refractivity contribution is 5.66. The number of aryl methyl sites for hydroxylation is 2. The Hall–Kier alpha value is -2.41. The van der Waals surface area contributed by atoms with Gasteiger partial charge in [-0.05, 0) is 52.5 Å². The van der Waals surface area contributed by atoms with Crippen LogP contribution in [0.15, 0.2) is 66.9 Å². The maximum Gasteiger partial charge on any atom is 0.212 e. The van der Waals surface area contributed by atoms with Crippen molar-refractivity contribution in [2.45, 2.75) is 54.4 Å². The van der Waals surface area contributed by atoms with Crippen LogP contribution in [0.3, 0.4) is 0 Å². The molecular formula is C28H36N+. The van der Waals surface area contributed by atoms with Crippen LogP contribution in [0.5, 0.6) is 0 Å². The molecule has 0 radical (unpaired) electrons. The van der Waals surface area contributed by atoms with Crippen molar-refractivity contribution >= 4 is 0 Å². The van der Waals surface area contributed by atoms with Crippen molar-refractivity contribution in [1.82, 2.24) is 0 Å². The third-order valence-electron chi connectivity index (χ3n) is 5.86. The normalized spacial score (nSPS) is 12.4. The van der Waals surface area contributed by atoms with E-state index in [4.69, 9.17) is 0 Å². The van der Waals surface area contributed by atoms with Crippen LogP contribution >= 0.6 is 0 Å². The molecule has 152 valence electrons. The summed E-state index contributed by atoms with van der Waals surface area (Å²) < 4.78 is 2.23. The lowest BCUT2D eigenvalue weighted by molar-refractivity contribution is -0.659. The van der Waals surface area contributed by atoms with Gasteiger partial charge in [-0.3, -0.25) is 0 Å². The van der Waals surface area contributed by atoms with Crippen LogP contribution < -0.4 is 4.57 Å². The van der Waals surface area contributed by atoms with E-state index in [0.29, 0.717) is 5.92 Å². The van der Waals surface area contributed by atoms with Gasteiger partial charge in [-0.25, -0.2) is 4.57 Å². The third-order valence-corrected chi connectivity index (χ3v) is 5.86. The molecule has 0 saturated heterocycles. The van der Waals surface area contributed by atoms with Crippen molar-refractivity contribution in [1.29, 1.82) is 0 Å². The van der Waals surface area contributed by atoms with E-state index in [9.17, 15) is 0 Å². The molecule has 3 aromatic rings. The summed E-state index contributed by atoms with van der Waals surface area (Å²) in [6, 6.07) is 22.2. The smallest absolute Gasteiger partial charge is 0.200 e. The molecule has 0 saturated carbocycles. The number of pyridine rings is 1. The Morgan fingerprint density at radius 2 is 1.24 bits per heavy atom. The van der Waals surface area contributed by atoms with Crippen molar-refractivity contribution < 1.29 is 4.57 Å². The standard InChI is InChI=1S/C28H36N/c1-20-11-9-10-12-24(20)25-18-17-23(19-29(25)8)21-13-15-22(16-14-21)26(27(2,3)4)28(5,6)7/h9-19,26H,1-8H3/q+1. The average molecular weight is 387 g/mol. The lowest BCUT2D eigenvalue weighted by Gasteiger charge is -2.41. The molecule has 1 aromatic heterocycles. The predicted molar refractivity (Wildman–Crippen MR) is 125 cm³/mol. The molecule has 0 aliphatic rings. The molecule has 0 amide bonds. The maximum atomic E-state index is 2.35. The van der Waals surface area contributed by atoms with E-state index >= 15 is 0 Å². The van der Waals surface area contributed by atoms with E-state index in [2.05, 4.69) is 127 Å².